The van der Waals surface area contributed by atoms with E-state index >= 15 is 0 Å². The van der Waals surface area contributed by atoms with Gasteiger partial charge >= 0.3 is 0 Å². The Hall–Kier alpha value is -2.88. The van der Waals surface area contributed by atoms with Crippen LogP contribution in [0.25, 0.3) is 21.9 Å². The topological polar surface area (TPSA) is 43.4 Å². The first-order chi connectivity index (χ1) is 10.2. The second-order valence-corrected chi connectivity index (χ2v) is 4.77. The molecule has 0 bridgehead atoms. The highest BCUT2D eigenvalue weighted by atomic mass is 19.1. The normalized spacial score (nSPS) is 11.3. The van der Waals surface area contributed by atoms with Crippen molar-refractivity contribution in [1.82, 2.24) is 0 Å². The summed E-state index contributed by atoms with van der Waals surface area (Å²) in [4.78, 5) is 12.4. The summed E-state index contributed by atoms with van der Waals surface area (Å²) in [5.74, 6) is -0.390. The highest BCUT2D eigenvalue weighted by molar-refractivity contribution is 6.09. The lowest BCUT2D eigenvalue weighted by atomic mass is 10.2. The molecule has 3 nitrogen and oxygen atoms in total. The maximum atomic E-state index is 13.2. The maximum absolute atomic E-state index is 13.2. The fourth-order valence-electron chi connectivity index (χ4n) is 2.34. The lowest BCUT2D eigenvalue weighted by molar-refractivity contribution is 0.0987. The highest BCUT2D eigenvalue weighted by Gasteiger charge is 2.19. The largest absolute Gasteiger partial charge is 0.452 e. The number of halogens is 1. The number of carbonyl (C=O) groups is 1. The van der Waals surface area contributed by atoms with Gasteiger partial charge in [0, 0.05) is 10.8 Å². The monoisotopic (exact) mass is 280 g/mol. The van der Waals surface area contributed by atoms with Crippen molar-refractivity contribution in [3.63, 3.8) is 0 Å². The Labute approximate surface area is 118 Å². The molecule has 0 fully saturated rings. The number of hydrogen-bond acceptors (Lipinski definition) is 3. The van der Waals surface area contributed by atoms with Gasteiger partial charge in [0.25, 0.3) is 5.78 Å². The minimum absolute atomic E-state index is 0.134. The number of furan rings is 2. The third kappa shape index (κ3) is 1.92. The van der Waals surface area contributed by atoms with Crippen molar-refractivity contribution in [1.29, 1.82) is 0 Å². The summed E-state index contributed by atoms with van der Waals surface area (Å²) in [5.41, 5.74) is 1.11. The Morgan fingerprint density at radius 3 is 2.24 bits per heavy atom. The predicted octanol–water partition coefficient (Wildman–Crippen LogP) is 4.55. The molecule has 4 aromatic rings. The second kappa shape index (κ2) is 4.31. The molecule has 0 aliphatic carbocycles. The number of hydrogen-bond donors (Lipinski definition) is 0. The molecule has 0 saturated carbocycles. The number of carbonyl (C=O) groups excluding carboxylic acids is 1. The molecule has 0 N–H and O–H groups in total. The molecule has 0 unspecified atom stereocenters. The van der Waals surface area contributed by atoms with Crippen molar-refractivity contribution in [3.8, 4) is 0 Å². The maximum Gasteiger partial charge on any atom is 0.263 e. The first-order valence-corrected chi connectivity index (χ1v) is 6.43. The highest BCUT2D eigenvalue weighted by Crippen LogP contribution is 2.25. The minimum atomic E-state index is -0.369. The van der Waals surface area contributed by atoms with Gasteiger partial charge in [-0.05, 0) is 36.4 Å². The average Bonchev–Trinajstić information content (AvgIpc) is 3.09. The van der Waals surface area contributed by atoms with Gasteiger partial charge < -0.3 is 8.83 Å². The summed E-state index contributed by atoms with van der Waals surface area (Å²) in [6, 6.07) is 14.7. The van der Waals surface area contributed by atoms with Crippen LogP contribution in [0, 0.1) is 5.82 Å². The molecule has 2 aromatic carbocycles. The van der Waals surface area contributed by atoms with E-state index in [2.05, 4.69) is 0 Å². The van der Waals surface area contributed by atoms with E-state index in [9.17, 15) is 9.18 Å². The van der Waals surface area contributed by atoms with E-state index in [1.165, 1.54) is 24.3 Å². The summed E-state index contributed by atoms with van der Waals surface area (Å²) >= 11 is 0. The summed E-state index contributed by atoms with van der Waals surface area (Å²) in [6.07, 6.45) is 0. The van der Waals surface area contributed by atoms with Crippen molar-refractivity contribution in [2.45, 2.75) is 0 Å². The molecule has 0 saturated heterocycles. The fraction of sp³-hybridized carbons (Fsp3) is 0. The van der Waals surface area contributed by atoms with Crippen LogP contribution < -0.4 is 0 Å². The first kappa shape index (κ1) is 11.9. The van der Waals surface area contributed by atoms with Crippen LogP contribution in [0.4, 0.5) is 4.39 Å². The summed E-state index contributed by atoms with van der Waals surface area (Å²) in [7, 11) is 0. The molecule has 4 rings (SSSR count). The lowest BCUT2D eigenvalue weighted by Gasteiger charge is -1.90. The Morgan fingerprint density at radius 2 is 1.48 bits per heavy atom. The van der Waals surface area contributed by atoms with Crippen molar-refractivity contribution in [3.05, 3.63) is 71.9 Å². The second-order valence-electron chi connectivity index (χ2n) is 4.77. The SMILES string of the molecule is O=C(c1cc2ccccc2o1)c1cc2cc(F)ccc2o1. The number of ketones is 1. The van der Waals surface area contributed by atoms with E-state index in [1.54, 1.807) is 12.1 Å². The molecule has 0 aliphatic heterocycles. The van der Waals surface area contributed by atoms with E-state index in [0.29, 0.717) is 16.6 Å². The van der Waals surface area contributed by atoms with Gasteiger partial charge in [0.15, 0.2) is 11.5 Å². The van der Waals surface area contributed by atoms with Gasteiger partial charge in [0.2, 0.25) is 0 Å². The Morgan fingerprint density at radius 1 is 0.810 bits per heavy atom. The summed E-state index contributed by atoms with van der Waals surface area (Å²) in [5, 5.41) is 1.40. The van der Waals surface area contributed by atoms with Gasteiger partial charge in [-0.3, -0.25) is 4.79 Å². The van der Waals surface area contributed by atoms with Crippen LogP contribution in [0.2, 0.25) is 0 Å². The zero-order valence-corrected chi connectivity index (χ0v) is 10.8. The van der Waals surface area contributed by atoms with E-state index in [4.69, 9.17) is 8.83 Å². The van der Waals surface area contributed by atoms with Crippen molar-refractivity contribution >= 4 is 27.7 Å². The zero-order valence-electron chi connectivity index (χ0n) is 10.8. The molecule has 0 radical (unpaired) electrons. The number of benzene rings is 2. The molecule has 0 atom stereocenters. The number of para-hydroxylation sites is 1. The number of fused-ring (bicyclic) bond motifs is 2. The third-order valence-electron chi connectivity index (χ3n) is 3.35. The average molecular weight is 280 g/mol. The van der Waals surface area contributed by atoms with Crippen LogP contribution in [0.5, 0.6) is 0 Å². The predicted molar refractivity (Wildman–Crippen MR) is 75.8 cm³/mol. The van der Waals surface area contributed by atoms with Gasteiger partial charge in [0.1, 0.15) is 17.0 Å². The van der Waals surface area contributed by atoms with E-state index in [-0.39, 0.29) is 23.1 Å². The van der Waals surface area contributed by atoms with Crippen LogP contribution in [-0.4, -0.2) is 5.78 Å². The van der Waals surface area contributed by atoms with E-state index in [1.807, 2.05) is 18.2 Å². The van der Waals surface area contributed by atoms with Crippen LogP contribution in [0.1, 0.15) is 16.3 Å². The Kier molecular flexibility index (Phi) is 2.44. The van der Waals surface area contributed by atoms with Crippen molar-refractivity contribution in [2.24, 2.45) is 0 Å². The van der Waals surface area contributed by atoms with Crippen LogP contribution in [-0.2, 0) is 0 Å². The number of rotatable bonds is 2. The van der Waals surface area contributed by atoms with E-state index in [0.717, 1.165) is 5.39 Å². The van der Waals surface area contributed by atoms with Crippen LogP contribution in [0.3, 0.4) is 0 Å². The zero-order chi connectivity index (χ0) is 14.4. The molecule has 0 aliphatic rings. The minimum Gasteiger partial charge on any atom is -0.452 e. The van der Waals surface area contributed by atoms with Crippen LogP contribution in [0.15, 0.2) is 63.4 Å². The standard InChI is InChI=1S/C17H9FO3/c18-12-5-6-14-11(7-12)9-16(21-14)17(19)15-8-10-3-1-2-4-13(10)20-15/h1-9H. The van der Waals surface area contributed by atoms with E-state index < -0.39 is 0 Å². The Balaban J connectivity index is 1.81. The van der Waals surface area contributed by atoms with Crippen LogP contribution >= 0.6 is 0 Å². The molecular weight excluding hydrogens is 271 g/mol. The molecule has 21 heavy (non-hydrogen) atoms. The lowest BCUT2D eigenvalue weighted by Crippen LogP contribution is -1.96. The molecule has 0 spiro atoms. The molecule has 2 heterocycles. The van der Waals surface area contributed by atoms with Crippen molar-refractivity contribution in [2.75, 3.05) is 0 Å². The smallest absolute Gasteiger partial charge is 0.263 e. The van der Waals surface area contributed by atoms with Gasteiger partial charge in [-0.25, -0.2) is 4.39 Å². The van der Waals surface area contributed by atoms with Gasteiger partial charge in [-0.15, -0.1) is 0 Å². The quantitative estimate of drug-likeness (QED) is 0.506. The van der Waals surface area contributed by atoms with Crippen molar-refractivity contribution < 1.29 is 18.0 Å². The Bertz CT molecular complexity index is 945. The molecule has 2 aromatic heterocycles. The molecule has 4 heteroatoms. The first-order valence-electron chi connectivity index (χ1n) is 6.43. The van der Waals surface area contributed by atoms with Gasteiger partial charge in [-0.1, -0.05) is 18.2 Å². The molecule has 0 amide bonds. The summed E-state index contributed by atoms with van der Waals surface area (Å²) in [6.45, 7) is 0. The summed E-state index contributed by atoms with van der Waals surface area (Å²) < 4.78 is 24.1. The molecule has 102 valence electrons. The van der Waals surface area contributed by atoms with Gasteiger partial charge in [-0.2, -0.15) is 0 Å². The van der Waals surface area contributed by atoms with Gasteiger partial charge in [0.05, 0.1) is 0 Å². The fourth-order valence-corrected chi connectivity index (χ4v) is 2.34. The third-order valence-corrected chi connectivity index (χ3v) is 3.35. The molecular formula is C17H9FO3.